The molecule has 136 valence electrons. The van der Waals surface area contributed by atoms with Crippen molar-refractivity contribution in [2.45, 2.75) is 5.92 Å². The molecule has 28 heavy (non-hydrogen) atoms. The van der Waals surface area contributed by atoms with Gasteiger partial charge in [0.25, 0.3) is 0 Å². The van der Waals surface area contributed by atoms with Crippen molar-refractivity contribution in [1.29, 1.82) is 0 Å². The molecule has 4 nitrogen and oxygen atoms in total. The summed E-state index contributed by atoms with van der Waals surface area (Å²) in [7, 11) is 0. The van der Waals surface area contributed by atoms with Gasteiger partial charge in [-0.15, -0.1) is 0 Å². The predicted octanol–water partition coefficient (Wildman–Crippen LogP) is 4.31. The zero-order valence-electron chi connectivity index (χ0n) is 15.2. The van der Waals surface area contributed by atoms with Crippen molar-refractivity contribution in [3.8, 4) is 0 Å². The third-order valence-corrected chi connectivity index (χ3v) is 5.02. The molecule has 0 saturated carbocycles. The average molecular weight is 366 g/mol. The molecule has 0 aromatic heterocycles. The van der Waals surface area contributed by atoms with Gasteiger partial charge < -0.3 is 0 Å². The lowest BCUT2D eigenvalue weighted by Crippen LogP contribution is -2.31. The number of ketones is 2. The van der Waals surface area contributed by atoms with Crippen molar-refractivity contribution in [2.24, 2.45) is 16.1 Å². The molecule has 0 amide bonds. The smallest absolute Gasteiger partial charge is 0.180 e. The van der Waals surface area contributed by atoms with E-state index in [4.69, 9.17) is 0 Å². The lowest BCUT2D eigenvalue weighted by molar-refractivity contribution is -0.120. The molecule has 3 aromatic rings. The number of benzene rings is 3. The van der Waals surface area contributed by atoms with Gasteiger partial charge in [-0.1, -0.05) is 84.9 Å². The van der Waals surface area contributed by atoms with Crippen LogP contribution in [0.15, 0.2) is 95.1 Å². The van der Waals surface area contributed by atoms with E-state index in [0.717, 1.165) is 11.1 Å². The molecule has 0 spiro atoms. The molecule has 0 saturated heterocycles. The first-order chi connectivity index (χ1) is 13.7. The van der Waals surface area contributed by atoms with Gasteiger partial charge in [0.2, 0.25) is 0 Å². The number of fused-ring (bicyclic) bond motifs is 1. The number of hydrogen-bond donors (Lipinski definition) is 0. The highest BCUT2D eigenvalue weighted by atomic mass is 16.2. The number of nitrogens with zero attached hydrogens (tertiary/aromatic N) is 2. The van der Waals surface area contributed by atoms with Crippen molar-refractivity contribution < 1.29 is 9.59 Å². The zero-order chi connectivity index (χ0) is 19.5. The third kappa shape index (κ3) is 2.99. The molecule has 4 heteroatoms. The number of hydrogen-bond acceptors (Lipinski definition) is 4. The van der Waals surface area contributed by atoms with Crippen LogP contribution in [0.3, 0.4) is 0 Å². The van der Waals surface area contributed by atoms with E-state index in [1.807, 2.05) is 66.7 Å². The van der Waals surface area contributed by atoms with Crippen LogP contribution in [0.4, 0.5) is 0 Å². The van der Waals surface area contributed by atoms with Crippen molar-refractivity contribution in [3.05, 3.63) is 107 Å². The summed E-state index contributed by atoms with van der Waals surface area (Å²) in [6, 6.07) is 26.1. The molecule has 0 fully saturated rings. The van der Waals surface area contributed by atoms with Gasteiger partial charge in [0.15, 0.2) is 11.6 Å². The molecule has 0 N–H and O–H groups in total. The van der Waals surface area contributed by atoms with Gasteiger partial charge in [-0.05, 0) is 11.1 Å². The van der Waals surface area contributed by atoms with E-state index in [0.29, 0.717) is 16.8 Å². The fourth-order valence-corrected chi connectivity index (χ4v) is 3.79. The fourth-order valence-electron chi connectivity index (χ4n) is 3.79. The summed E-state index contributed by atoms with van der Waals surface area (Å²) in [6.07, 6.45) is 0. The monoisotopic (exact) mass is 366 g/mol. The summed E-state index contributed by atoms with van der Waals surface area (Å²) in [5.74, 6) is -2.00. The predicted molar refractivity (Wildman–Crippen MR) is 110 cm³/mol. The second kappa shape index (κ2) is 7.53. The van der Waals surface area contributed by atoms with E-state index in [2.05, 4.69) is 16.9 Å². The quantitative estimate of drug-likeness (QED) is 0.384. The van der Waals surface area contributed by atoms with Gasteiger partial charge in [0, 0.05) is 17.8 Å². The van der Waals surface area contributed by atoms with Crippen LogP contribution in [-0.2, 0) is 4.79 Å². The first-order valence-corrected chi connectivity index (χ1v) is 9.03. The Kier molecular flexibility index (Phi) is 4.77. The molecule has 1 atom stereocenters. The molecule has 1 aliphatic rings. The molecule has 0 heterocycles. The van der Waals surface area contributed by atoms with Gasteiger partial charge >= 0.3 is 0 Å². The van der Waals surface area contributed by atoms with E-state index < -0.39 is 11.8 Å². The molecule has 0 radical (unpaired) electrons. The summed E-state index contributed by atoms with van der Waals surface area (Å²) < 4.78 is 0. The summed E-state index contributed by atoms with van der Waals surface area (Å²) in [5, 5.41) is 7.70. The summed E-state index contributed by atoms with van der Waals surface area (Å²) in [5.41, 5.74) is 3.21. The highest BCUT2D eigenvalue weighted by molar-refractivity contribution is 6.38. The minimum atomic E-state index is -0.992. The largest absolute Gasteiger partial charge is 0.297 e. The lowest BCUT2D eigenvalue weighted by Gasteiger charge is -2.20. The maximum atomic E-state index is 13.7. The topological polar surface area (TPSA) is 58.9 Å². The zero-order valence-corrected chi connectivity index (χ0v) is 15.2. The Morgan fingerprint density at radius 3 is 1.82 bits per heavy atom. The van der Waals surface area contributed by atoms with Gasteiger partial charge in [-0.25, -0.2) is 0 Å². The molecule has 1 aliphatic carbocycles. The molecule has 4 rings (SSSR count). The van der Waals surface area contributed by atoms with Crippen LogP contribution in [0.1, 0.15) is 33.0 Å². The van der Waals surface area contributed by atoms with Crippen molar-refractivity contribution in [1.82, 2.24) is 0 Å². The maximum Gasteiger partial charge on any atom is 0.180 e. The minimum Gasteiger partial charge on any atom is -0.297 e. The molecule has 0 aliphatic heterocycles. The fraction of sp³-hybridized carbons (Fsp3) is 0.0833. The van der Waals surface area contributed by atoms with Crippen LogP contribution < -0.4 is 0 Å². The Morgan fingerprint density at radius 2 is 1.29 bits per heavy atom. The van der Waals surface area contributed by atoms with E-state index in [-0.39, 0.29) is 11.6 Å². The maximum absolute atomic E-state index is 13.7. The van der Waals surface area contributed by atoms with Crippen LogP contribution in [0.2, 0.25) is 0 Å². The number of carbonyl (C=O) groups excluding carboxylic acids is 2. The van der Waals surface area contributed by atoms with E-state index in [9.17, 15) is 9.59 Å². The Labute approximate surface area is 163 Å². The molecular formula is C24H18N2O2. The first kappa shape index (κ1) is 17.7. The third-order valence-electron chi connectivity index (χ3n) is 5.02. The lowest BCUT2D eigenvalue weighted by atomic mass is 9.80. The first-order valence-electron chi connectivity index (χ1n) is 9.03. The van der Waals surface area contributed by atoms with Gasteiger partial charge in [0.1, 0.15) is 5.92 Å². The Balaban J connectivity index is 1.85. The summed E-state index contributed by atoms with van der Waals surface area (Å²) in [4.78, 5) is 26.9. The number of carbonyl (C=O) groups is 2. The normalized spacial score (nSPS) is 17.0. The summed E-state index contributed by atoms with van der Waals surface area (Å²) >= 11 is 0. The van der Waals surface area contributed by atoms with E-state index in [1.165, 1.54) is 0 Å². The SMILES string of the molecule is C=N/N=C1/c2ccccc2C(=O)C1C(=O)C(c1ccccc1)c1ccccc1. The van der Waals surface area contributed by atoms with Crippen molar-refractivity contribution in [3.63, 3.8) is 0 Å². The standard InChI is InChI=1S/C24H18N2O2/c1-25-26-22-18-14-8-9-15-19(18)23(27)21(22)24(28)20(16-10-4-2-5-11-16)17-12-6-3-7-13-17/h2-15,20-21H,1H2/b26-22-. The van der Waals surface area contributed by atoms with Crippen LogP contribution >= 0.6 is 0 Å². The van der Waals surface area contributed by atoms with Gasteiger partial charge in [-0.3, -0.25) is 9.59 Å². The molecule has 3 aromatic carbocycles. The Bertz CT molecular complexity index is 1030. The van der Waals surface area contributed by atoms with Crippen LogP contribution in [0.25, 0.3) is 0 Å². The van der Waals surface area contributed by atoms with Crippen LogP contribution in [-0.4, -0.2) is 24.0 Å². The molecular weight excluding hydrogens is 348 g/mol. The highest BCUT2D eigenvalue weighted by Gasteiger charge is 2.44. The number of Topliss-reactive ketones (excluding diaryl/α,β-unsaturated/α-hetero) is 2. The van der Waals surface area contributed by atoms with Crippen molar-refractivity contribution >= 4 is 24.0 Å². The van der Waals surface area contributed by atoms with Crippen LogP contribution in [0, 0.1) is 5.92 Å². The second-order valence-electron chi connectivity index (χ2n) is 6.63. The Morgan fingerprint density at radius 1 is 0.786 bits per heavy atom. The average Bonchev–Trinajstić information content (AvgIpc) is 3.02. The molecule has 1 unspecified atom stereocenters. The highest BCUT2D eigenvalue weighted by Crippen LogP contribution is 2.35. The van der Waals surface area contributed by atoms with Gasteiger partial charge in [0.05, 0.1) is 11.6 Å². The van der Waals surface area contributed by atoms with Crippen molar-refractivity contribution in [2.75, 3.05) is 0 Å². The van der Waals surface area contributed by atoms with Gasteiger partial charge in [-0.2, -0.15) is 10.2 Å². The molecule has 0 bridgehead atoms. The summed E-state index contributed by atoms with van der Waals surface area (Å²) in [6.45, 7) is 3.42. The Hall–Kier alpha value is -3.66. The minimum absolute atomic E-state index is 0.207. The van der Waals surface area contributed by atoms with E-state index in [1.54, 1.807) is 18.2 Å². The number of rotatable bonds is 5. The van der Waals surface area contributed by atoms with E-state index >= 15 is 0 Å². The van der Waals surface area contributed by atoms with Crippen LogP contribution in [0.5, 0.6) is 0 Å². The second-order valence-corrected chi connectivity index (χ2v) is 6.63.